The monoisotopic (exact) mass is 237 g/mol. The van der Waals surface area contributed by atoms with Crippen molar-refractivity contribution in [3.05, 3.63) is 24.0 Å². The number of phenolic OH excluding ortho intramolecular Hbond substituents is 1. The van der Waals surface area contributed by atoms with Gasteiger partial charge >= 0.3 is 0 Å². The summed E-state index contributed by atoms with van der Waals surface area (Å²) < 4.78 is 13.0. The fourth-order valence-electron chi connectivity index (χ4n) is 2.27. The zero-order valence-electron chi connectivity index (χ0n) is 9.58. The first-order valence-electron chi connectivity index (χ1n) is 5.93. The van der Waals surface area contributed by atoms with Gasteiger partial charge in [0.15, 0.2) is 11.6 Å². The van der Waals surface area contributed by atoms with E-state index in [1.165, 1.54) is 25.0 Å². The molecule has 0 saturated heterocycles. The molecule has 4 heteroatoms. The Bertz CT molecular complexity index is 414. The first kappa shape index (κ1) is 11.9. The number of hydrogen-bond acceptors (Lipinski definition) is 2. The van der Waals surface area contributed by atoms with Crippen molar-refractivity contribution in [2.24, 2.45) is 5.92 Å². The minimum atomic E-state index is -0.719. The number of carbonyl (C=O) groups is 1. The molecule has 1 aliphatic rings. The highest BCUT2D eigenvalue weighted by molar-refractivity contribution is 5.90. The van der Waals surface area contributed by atoms with Crippen LogP contribution in [0.3, 0.4) is 0 Å². The lowest BCUT2D eigenvalue weighted by molar-refractivity contribution is -0.117. The number of hydrogen-bond donors (Lipinski definition) is 2. The van der Waals surface area contributed by atoms with Crippen LogP contribution in [0, 0.1) is 11.7 Å². The topological polar surface area (TPSA) is 49.3 Å². The maximum Gasteiger partial charge on any atom is 0.224 e. The molecule has 0 unspecified atom stereocenters. The van der Waals surface area contributed by atoms with E-state index in [4.69, 9.17) is 5.11 Å². The fraction of sp³-hybridized carbons (Fsp3) is 0.462. The van der Waals surface area contributed by atoms with Gasteiger partial charge in [0.2, 0.25) is 5.91 Å². The first-order valence-corrected chi connectivity index (χ1v) is 5.93. The molecule has 0 radical (unpaired) electrons. The van der Waals surface area contributed by atoms with Gasteiger partial charge in [-0.25, -0.2) is 4.39 Å². The van der Waals surface area contributed by atoms with Crippen LogP contribution in [-0.4, -0.2) is 11.0 Å². The van der Waals surface area contributed by atoms with Gasteiger partial charge in [0.1, 0.15) is 0 Å². The van der Waals surface area contributed by atoms with Crippen LogP contribution >= 0.6 is 0 Å². The third kappa shape index (κ3) is 3.19. The van der Waals surface area contributed by atoms with Crippen molar-refractivity contribution in [1.82, 2.24) is 0 Å². The number of benzene rings is 1. The van der Waals surface area contributed by atoms with E-state index in [9.17, 15) is 9.18 Å². The molecule has 1 aliphatic carbocycles. The highest BCUT2D eigenvalue weighted by atomic mass is 19.1. The number of nitrogens with one attached hydrogen (secondary N) is 1. The molecule has 2 N–H and O–H groups in total. The highest BCUT2D eigenvalue weighted by Gasteiger charge is 2.18. The Hall–Kier alpha value is -1.58. The summed E-state index contributed by atoms with van der Waals surface area (Å²) in [6.45, 7) is 0. The summed E-state index contributed by atoms with van der Waals surface area (Å²) in [5, 5.41) is 11.7. The molecule has 1 aromatic rings. The zero-order chi connectivity index (χ0) is 12.3. The Labute approximate surface area is 99.7 Å². The summed E-state index contributed by atoms with van der Waals surface area (Å²) in [5.41, 5.74) is 0.392. The molecule has 2 rings (SSSR count). The van der Waals surface area contributed by atoms with Crippen molar-refractivity contribution >= 4 is 11.6 Å². The number of carbonyl (C=O) groups excluding carboxylic acids is 1. The summed E-state index contributed by atoms with van der Waals surface area (Å²) in [7, 11) is 0. The van der Waals surface area contributed by atoms with Gasteiger partial charge in [-0.2, -0.15) is 0 Å². The number of rotatable bonds is 3. The zero-order valence-corrected chi connectivity index (χ0v) is 9.58. The summed E-state index contributed by atoms with van der Waals surface area (Å²) in [6.07, 6.45) is 5.12. The van der Waals surface area contributed by atoms with E-state index >= 15 is 0 Å². The minimum absolute atomic E-state index is 0.0815. The van der Waals surface area contributed by atoms with Gasteiger partial charge in [-0.3, -0.25) is 4.79 Å². The molecule has 17 heavy (non-hydrogen) atoms. The molecular weight excluding hydrogens is 221 g/mol. The van der Waals surface area contributed by atoms with E-state index in [2.05, 4.69) is 5.32 Å². The molecule has 0 atom stereocenters. The Morgan fingerprint density at radius 1 is 1.41 bits per heavy atom. The second kappa shape index (κ2) is 5.17. The quantitative estimate of drug-likeness (QED) is 0.794. The number of amides is 1. The van der Waals surface area contributed by atoms with Crippen molar-refractivity contribution in [3.8, 4) is 5.75 Å². The number of anilines is 1. The third-order valence-corrected chi connectivity index (χ3v) is 3.18. The Kier molecular flexibility index (Phi) is 3.61. The summed E-state index contributed by atoms with van der Waals surface area (Å²) in [6, 6.07) is 3.85. The van der Waals surface area contributed by atoms with Crippen LogP contribution in [0.4, 0.5) is 10.1 Å². The molecule has 92 valence electrons. The van der Waals surface area contributed by atoms with Gasteiger partial charge in [0.05, 0.1) is 0 Å². The van der Waals surface area contributed by atoms with Crippen LogP contribution in [0.2, 0.25) is 0 Å². The second-order valence-corrected chi connectivity index (χ2v) is 4.57. The molecule has 0 spiro atoms. The lowest BCUT2D eigenvalue weighted by atomic mass is 10.0. The van der Waals surface area contributed by atoms with E-state index in [0.717, 1.165) is 18.9 Å². The molecule has 1 amide bonds. The van der Waals surface area contributed by atoms with Crippen molar-refractivity contribution in [3.63, 3.8) is 0 Å². The van der Waals surface area contributed by atoms with E-state index in [1.54, 1.807) is 0 Å². The van der Waals surface area contributed by atoms with Crippen molar-refractivity contribution in [2.45, 2.75) is 32.1 Å². The highest BCUT2D eigenvalue weighted by Crippen LogP contribution is 2.28. The smallest absolute Gasteiger partial charge is 0.224 e. The summed E-state index contributed by atoms with van der Waals surface area (Å²) >= 11 is 0. The van der Waals surface area contributed by atoms with Gasteiger partial charge in [-0.05, 0) is 30.9 Å². The maximum atomic E-state index is 13.0. The van der Waals surface area contributed by atoms with Crippen LogP contribution in [0.25, 0.3) is 0 Å². The minimum Gasteiger partial charge on any atom is -0.505 e. The van der Waals surface area contributed by atoms with Crippen molar-refractivity contribution in [2.75, 3.05) is 5.32 Å². The summed E-state index contributed by atoms with van der Waals surface area (Å²) in [4.78, 5) is 11.7. The van der Waals surface area contributed by atoms with Crippen LogP contribution in [0.5, 0.6) is 5.75 Å². The van der Waals surface area contributed by atoms with Gasteiger partial charge in [-0.15, -0.1) is 0 Å². The Morgan fingerprint density at radius 3 is 2.76 bits per heavy atom. The SMILES string of the molecule is O=C(CC1CCCC1)Nc1ccc(O)c(F)c1. The number of halogens is 1. The first-order chi connectivity index (χ1) is 8.15. The van der Waals surface area contributed by atoms with Crippen LogP contribution < -0.4 is 5.32 Å². The van der Waals surface area contributed by atoms with Gasteiger partial charge in [0, 0.05) is 18.2 Å². The third-order valence-electron chi connectivity index (χ3n) is 3.18. The molecule has 0 heterocycles. The largest absolute Gasteiger partial charge is 0.505 e. The molecular formula is C13H16FNO2. The van der Waals surface area contributed by atoms with E-state index in [0.29, 0.717) is 18.0 Å². The Balaban J connectivity index is 1.90. The van der Waals surface area contributed by atoms with Gasteiger partial charge in [-0.1, -0.05) is 12.8 Å². The van der Waals surface area contributed by atoms with Gasteiger partial charge in [0.25, 0.3) is 0 Å². The van der Waals surface area contributed by atoms with Crippen LogP contribution in [0.15, 0.2) is 18.2 Å². The number of phenols is 1. The molecule has 0 aromatic heterocycles. The van der Waals surface area contributed by atoms with Crippen molar-refractivity contribution < 1.29 is 14.3 Å². The molecule has 0 bridgehead atoms. The Morgan fingerprint density at radius 2 is 2.12 bits per heavy atom. The molecule has 3 nitrogen and oxygen atoms in total. The van der Waals surface area contributed by atoms with E-state index in [1.807, 2.05) is 0 Å². The normalized spacial score (nSPS) is 16.1. The van der Waals surface area contributed by atoms with Crippen molar-refractivity contribution in [1.29, 1.82) is 0 Å². The lowest BCUT2D eigenvalue weighted by Gasteiger charge is -2.09. The summed E-state index contributed by atoms with van der Waals surface area (Å²) in [5.74, 6) is -0.735. The molecule has 1 fully saturated rings. The standard InChI is InChI=1S/C13H16FNO2/c14-11-8-10(5-6-12(11)16)15-13(17)7-9-3-1-2-4-9/h5-6,8-9,16H,1-4,7H2,(H,15,17). The fourth-order valence-corrected chi connectivity index (χ4v) is 2.27. The average Bonchev–Trinajstić information content (AvgIpc) is 2.76. The van der Waals surface area contributed by atoms with Crippen LogP contribution in [0.1, 0.15) is 32.1 Å². The van der Waals surface area contributed by atoms with Crippen LogP contribution in [-0.2, 0) is 4.79 Å². The molecule has 0 aliphatic heterocycles. The lowest BCUT2D eigenvalue weighted by Crippen LogP contribution is -2.15. The predicted molar refractivity (Wildman–Crippen MR) is 63.3 cm³/mol. The second-order valence-electron chi connectivity index (χ2n) is 4.57. The van der Waals surface area contributed by atoms with E-state index in [-0.39, 0.29) is 5.91 Å². The predicted octanol–water partition coefficient (Wildman–Crippen LogP) is 3.05. The molecule has 1 aromatic carbocycles. The number of aromatic hydroxyl groups is 1. The van der Waals surface area contributed by atoms with E-state index < -0.39 is 11.6 Å². The molecule has 1 saturated carbocycles. The van der Waals surface area contributed by atoms with Gasteiger partial charge < -0.3 is 10.4 Å². The average molecular weight is 237 g/mol. The maximum absolute atomic E-state index is 13.0.